The van der Waals surface area contributed by atoms with Gasteiger partial charge in [0, 0.05) is 12.0 Å². The van der Waals surface area contributed by atoms with Gasteiger partial charge in [0.1, 0.15) is 0 Å². The van der Waals surface area contributed by atoms with E-state index in [-0.39, 0.29) is 11.3 Å². The smallest absolute Gasteiger partial charge is 0.226 e. The maximum absolute atomic E-state index is 12.1. The first-order valence-electron chi connectivity index (χ1n) is 6.67. The molecule has 0 atom stereocenters. The Morgan fingerprint density at radius 2 is 1.88 bits per heavy atom. The van der Waals surface area contributed by atoms with Crippen molar-refractivity contribution in [2.45, 2.75) is 52.1 Å². The van der Waals surface area contributed by atoms with Gasteiger partial charge in [0.2, 0.25) is 5.91 Å². The first-order chi connectivity index (χ1) is 7.96. The highest BCUT2D eigenvalue weighted by Gasteiger charge is 2.35. The van der Waals surface area contributed by atoms with Gasteiger partial charge in [-0.05, 0) is 38.8 Å². The molecule has 0 saturated carbocycles. The predicted octanol–water partition coefficient (Wildman–Crippen LogP) is 1.04. The molecule has 3 N–H and O–H groups in total. The van der Waals surface area contributed by atoms with Crippen LogP contribution in [0.3, 0.4) is 0 Å². The van der Waals surface area contributed by atoms with Gasteiger partial charge in [0.15, 0.2) is 0 Å². The van der Waals surface area contributed by atoms with Gasteiger partial charge in [0.05, 0.1) is 5.60 Å². The topological polar surface area (TPSA) is 61.4 Å². The van der Waals surface area contributed by atoms with Gasteiger partial charge >= 0.3 is 0 Å². The van der Waals surface area contributed by atoms with E-state index in [1.165, 1.54) is 0 Å². The summed E-state index contributed by atoms with van der Waals surface area (Å²) in [5.41, 5.74) is -1.02. The molecule has 0 radical (unpaired) electrons. The molecule has 1 aliphatic heterocycles. The molecular formula is C13H26N2O2. The van der Waals surface area contributed by atoms with Crippen LogP contribution in [0.15, 0.2) is 0 Å². The lowest BCUT2D eigenvalue weighted by Gasteiger charge is -2.34. The molecule has 0 aliphatic carbocycles. The largest absolute Gasteiger partial charge is 0.388 e. The highest BCUT2D eigenvalue weighted by molar-refractivity contribution is 5.82. The number of carbonyl (C=O) groups excluding carboxylic acids is 1. The molecule has 0 spiro atoms. The van der Waals surface area contributed by atoms with Crippen molar-refractivity contribution in [1.29, 1.82) is 0 Å². The van der Waals surface area contributed by atoms with Crippen molar-refractivity contribution >= 4 is 5.91 Å². The highest BCUT2D eigenvalue weighted by Crippen LogP contribution is 2.28. The second-order valence-electron chi connectivity index (χ2n) is 5.42. The van der Waals surface area contributed by atoms with E-state index in [0.29, 0.717) is 19.4 Å². The minimum absolute atomic E-state index is 0.0827. The van der Waals surface area contributed by atoms with Crippen molar-refractivity contribution in [2.24, 2.45) is 5.41 Å². The quantitative estimate of drug-likeness (QED) is 0.675. The third kappa shape index (κ3) is 3.68. The van der Waals surface area contributed by atoms with Crippen LogP contribution in [0.1, 0.15) is 46.5 Å². The van der Waals surface area contributed by atoms with Crippen LogP contribution < -0.4 is 10.6 Å². The highest BCUT2D eigenvalue weighted by atomic mass is 16.3. The molecule has 1 aliphatic rings. The lowest BCUT2D eigenvalue weighted by atomic mass is 9.80. The van der Waals surface area contributed by atoms with Gasteiger partial charge in [-0.3, -0.25) is 4.79 Å². The molecule has 1 rings (SSSR count). The summed E-state index contributed by atoms with van der Waals surface area (Å²) in [6.45, 7) is 8.07. The summed E-state index contributed by atoms with van der Waals surface area (Å²) in [6.07, 6.45) is 3.08. The summed E-state index contributed by atoms with van der Waals surface area (Å²) < 4.78 is 0. The Morgan fingerprint density at radius 3 is 2.35 bits per heavy atom. The standard InChI is InChI=1S/C13H26N2O2/c1-4-13(17,5-2)10-15-11(16)12(3)6-8-14-9-7-12/h14,17H,4-10H2,1-3H3,(H,15,16). The minimum atomic E-state index is -0.751. The molecule has 0 aromatic carbocycles. The monoisotopic (exact) mass is 242 g/mol. The maximum Gasteiger partial charge on any atom is 0.226 e. The minimum Gasteiger partial charge on any atom is -0.388 e. The second kappa shape index (κ2) is 5.83. The zero-order valence-electron chi connectivity index (χ0n) is 11.3. The first-order valence-corrected chi connectivity index (χ1v) is 6.67. The number of nitrogens with one attached hydrogen (secondary N) is 2. The Hall–Kier alpha value is -0.610. The summed E-state index contributed by atoms with van der Waals surface area (Å²) in [4.78, 5) is 12.1. The van der Waals surface area contributed by atoms with E-state index < -0.39 is 5.60 Å². The summed E-state index contributed by atoms with van der Waals surface area (Å²) in [5.74, 6) is 0.0827. The van der Waals surface area contributed by atoms with Gasteiger partial charge in [-0.25, -0.2) is 0 Å². The number of hydrogen-bond donors (Lipinski definition) is 3. The summed E-state index contributed by atoms with van der Waals surface area (Å²) in [7, 11) is 0. The molecule has 0 unspecified atom stereocenters. The molecule has 1 amide bonds. The molecular weight excluding hydrogens is 216 g/mol. The number of aliphatic hydroxyl groups is 1. The Labute approximate surface area is 104 Å². The van der Waals surface area contributed by atoms with E-state index in [0.717, 1.165) is 25.9 Å². The number of carbonyl (C=O) groups is 1. The fourth-order valence-corrected chi connectivity index (χ4v) is 2.16. The fraction of sp³-hybridized carbons (Fsp3) is 0.923. The van der Waals surface area contributed by atoms with Crippen molar-refractivity contribution in [3.05, 3.63) is 0 Å². The van der Waals surface area contributed by atoms with E-state index in [4.69, 9.17) is 0 Å². The second-order valence-corrected chi connectivity index (χ2v) is 5.42. The third-order valence-corrected chi connectivity index (χ3v) is 4.15. The molecule has 17 heavy (non-hydrogen) atoms. The predicted molar refractivity (Wildman–Crippen MR) is 68.8 cm³/mol. The number of rotatable bonds is 5. The van der Waals surface area contributed by atoms with Crippen LogP contribution in [-0.2, 0) is 4.79 Å². The molecule has 4 nitrogen and oxygen atoms in total. The van der Waals surface area contributed by atoms with E-state index >= 15 is 0 Å². The molecule has 1 fully saturated rings. The van der Waals surface area contributed by atoms with E-state index in [9.17, 15) is 9.90 Å². The van der Waals surface area contributed by atoms with Crippen LogP contribution in [0.25, 0.3) is 0 Å². The SMILES string of the molecule is CCC(O)(CC)CNC(=O)C1(C)CCNCC1. The third-order valence-electron chi connectivity index (χ3n) is 4.15. The zero-order valence-corrected chi connectivity index (χ0v) is 11.3. The van der Waals surface area contributed by atoms with Crippen molar-refractivity contribution in [3.63, 3.8) is 0 Å². The van der Waals surface area contributed by atoms with Gasteiger partial charge in [-0.15, -0.1) is 0 Å². The van der Waals surface area contributed by atoms with Crippen LogP contribution in [-0.4, -0.2) is 36.2 Å². The van der Waals surface area contributed by atoms with Gasteiger partial charge in [0.25, 0.3) is 0 Å². The number of piperidine rings is 1. The Kier molecular flexibility index (Phi) is 4.95. The number of hydrogen-bond acceptors (Lipinski definition) is 3. The average Bonchev–Trinajstić information content (AvgIpc) is 2.36. The van der Waals surface area contributed by atoms with E-state index in [2.05, 4.69) is 10.6 Å². The van der Waals surface area contributed by atoms with E-state index in [1.54, 1.807) is 0 Å². The fourth-order valence-electron chi connectivity index (χ4n) is 2.16. The Balaban J connectivity index is 2.48. The molecule has 0 aromatic heterocycles. The van der Waals surface area contributed by atoms with Gasteiger partial charge in [-0.2, -0.15) is 0 Å². The number of amides is 1. The van der Waals surface area contributed by atoms with Gasteiger partial charge in [-0.1, -0.05) is 20.8 Å². The van der Waals surface area contributed by atoms with Gasteiger partial charge < -0.3 is 15.7 Å². The van der Waals surface area contributed by atoms with Crippen molar-refractivity contribution < 1.29 is 9.90 Å². The maximum atomic E-state index is 12.1. The molecule has 1 heterocycles. The molecule has 4 heteroatoms. The lowest BCUT2D eigenvalue weighted by molar-refractivity contribution is -0.132. The first kappa shape index (κ1) is 14.5. The van der Waals surface area contributed by atoms with Crippen molar-refractivity contribution in [1.82, 2.24) is 10.6 Å². The van der Waals surface area contributed by atoms with E-state index in [1.807, 2.05) is 20.8 Å². The normalized spacial score (nSPS) is 20.0. The molecule has 1 saturated heterocycles. The van der Waals surface area contributed by atoms with Crippen LogP contribution in [0, 0.1) is 5.41 Å². The van der Waals surface area contributed by atoms with Crippen LogP contribution in [0.4, 0.5) is 0 Å². The van der Waals surface area contributed by atoms with Crippen molar-refractivity contribution in [3.8, 4) is 0 Å². The molecule has 0 aromatic rings. The zero-order chi connectivity index (χ0) is 12.9. The van der Waals surface area contributed by atoms with Crippen LogP contribution >= 0.6 is 0 Å². The average molecular weight is 242 g/mol. The summed E-state index contributed by atoms with van der Waals surface area (Å²) in [5, 5.41) is 16.3. The van der Waals surface area contributed by atoms with Crippen LogP contribution in [0.2, 0.25) is 0 Å². The Morgan fingerprint density at radius 1 is 1.35 bits per heavy atom. The lowest BCUT2D eigenvalue weighted by Crippen LogP contribution is -2.50. The van der Waals surface area contributed by atoms with Crippen LogP contribution in [0.5, 0.6) is 0 Å². The Bertz CT molecular complexity index is 256. The van der Waals surface area contributed by atoms with Crippen molar-refractivity contribution in [2.75, 3.05) is 19.6 Å². The molecule has 100 valence electrons. The summed E-state index contributed by atoms with van der Waals surface area (Å²) >= 11 is 0. The molecule has 0 bridgehead atoms. The summed E-state index contributed by atoms with van der Waals surface area (Å²) in [6, 6.07) is 0.